The maximum absolute atomic E-state index is 5.82. The Balaban J connectivity index is 2.18. The van der Waals surface area contributed by atoms with E-state index in [4.69, 9.17) is 11.6 Å². The summed E-state index contributed by atoms with van der Waals surface area (Å²) < 4.78 is 0. The van der Waals surface area contributed by atoms with Crippen molar-refractivity contribution < 1.29 is 0 Å². The van der Waals surface area contributed by atoms with E-state index in [2.05, 4.69) is 12.2 Å². The van der Waals surface area contributed by atoms with E-state index in [9.17, 15) is 0 Å². The van der Waals surface area contributed by atoms with Crippen LogP contribution in [0, 0.1) is 0 Å². The second-order valence-electron chi connectivity index (χ2n) is 3.76. The highest BCUT2D eigenvalue weighted by Crippen LogP contribution is 2.18. The van der Waals surface area contributed by atoms with Crippen molar-refractivity contribution in [3.8, 4) is 0 Å². The molecular weight excluding hydrogens is 170 g/mol. The van der Waals surface area contributed by atoms with Crippen LogP contribution < -0.4 is 5.32 Å². The lowest BCUT2D eigenvalue weighted by Gasteiger charge is -2.26. The number of nitrogens with one attached hydrogen (secondary N) is 1. The van der Waals surface area contributed by atoms with Gasteiger partial charge < -0.3 is 5.32 Å². The van der Waals surface area contributed by atoms with E-state index in [1.807, 2.05) is 0 Å². The van der Waals surface area contributed by atoms with E-state index in [1.54, 1.807) is 0 Å². The van der Waals surface area contributed by atoms with Gasteiger partial charge in [0, 0.05) is 18.0 Å². The van der Waals surface area contributed by atoms with Crippen LogP contribution in [0.15, 0.2) is 0 Å². The van der Waals surface area contributed by atoms with Crippen LogP contribution in [-0.2, 0) is 0 Å². The van der Waals surface area contributed by atoms with Gasteiger partial charge in [-0.3, -0.25) is 0 Å². The maximum Gasteiger partial charge on any atom is 0.0377 e. The number of alkyl halides is 1. The standard InChI is InChI=1S/C10H20ClN/c1-2-9(8-11)12-10-6-4-3-5-7-10/h9-10,12H,2-8H2,1H3. The van der Waals surface area contributed by atoms with Gasteiger partial charge in [0.25, 0.3) is 0 Å². The summed E-state index contributed by atoms with van der Waals surface area (Å²) in [5, 5.41) is 3.62. The molecular formula is C10H20ClN. The molecule has 1 aliphatic carbocycles. The predicted octanol–water partition coefficient (Wildman–Crippen LogP) is 2.93. The Labute approximate surface area is 80.9 Å². The molecule has 1 aliphatic rings. The second kappa shape index (κ2) is 5.82. The first-order chi connectivity index (χ1) is 5.86. The molecule has 1 fully saturated rings. The Morgan fingerprint density at radius 3 is 2.50 bits per heavy atom. The van der Waals surface area contributed by atoms with E-state index in [0.29, 0.717) is 6.04 Å². The topological polar surface area (TPSA) is 12.0 Å². The molecule has 2 heteroatoms. The molecule has 0 aromatic carbocycles. The van der Waals surface area contributed by atoms with Gasteiger partial charge in [0.15, 0.2) is 0 Å². The van der Waals surface area contributed by atoms with Gasteiger partial charge in [-0.15, -0.1) is 11.6 Å². The predicted molar refractivity (Wildman–Crippen MR) is 54.8 cm³/mol. The highest BCUT2D eigenvalue weighted by molar-refractivity contribution is 6.18. The van der Waals surface area contributed by atoms with Gasteiger partial charge in [-0.1, -0.05) is 26.2 Å². The lowest BCUT2D eigenvalue weighted by molar-refractivity contribution is 0.342. The first-order valence-corrected chi connectivity index (χ1v) is 5.72. The van der Waals surface area contributed by atoms with E-state index in [0.717, 1.165) is 18.3 Å². The number of rotatable bonds is 4. The average molecular weight is 190 g/mol. The van der Waals surface area contributed by atoms with Gasteiger partial charge in [0.1, 0.15) is 0 Å². The monoisotopic (exact) mass is 189 g/mol. The molecule has 12 heavy (non-hydrogen) atoms. The van der Waals surface area contributed by atoms with E-state index in [1.165, 1.54) is 32.1 Å². The minimum Gasteiger partial charge on any atom is -0.310 e. The smallest absolute Gasteiger partial charge is 0.0377 e. The fourth-order valence-electron chi connectivity index (χ4n) is 1.87. The lowest BCUT2D eigenvalue weighted by Crippen LogP contribution is -2.40. The molecule has 1 unspecified atom stereocenters. The third-order valence-electron chi connectivity index (χ3n) is 2.76. The molecule has 0 aromatic heterocycles. The minimum atomic E-state index is 0.537. The van der Waals surface area contributed by atoms with Gasteiger partial charge in [0.05, 0.1) is 0 Å². The summed E-state index contributed by atoms with van der Waals surface area (Å²) in [4.78, 5) is 0. The van der Waals surface area contributed by atoms with Gasteiger partial charge >= 0.3 is 0 Å². The van der Waals surface area contributed by atoms with Gasteiger partial charge in [-0.05, 0) is 19.3 Å². The maximum atomic E-state index is 5.82. The summed E-state index contributed by atoms with van der Waals surface area (Å²) >= 11 is 5.82. The fraction of sp³-hybridized carbons (Fsp3) is 1.00. The van der Waals surface area contributed by atoms with E-state index < -0.39 is 0 Å². The van der Waals surface area contributed by atoms with E-state index >= 15 is 0 Å². The summed E-state index contributed by atoms with van der Waals surface area (Å²) in [6, 6.07) is 1.29. The molecule has 0 saturated heterocycles. The lowest BCUT2D eigenvalue weighted by atomic mass is 9.95. The van der Waals surface area contributed by atoms with Crippen LogP contribution in [0.1, 0.15) is 45.4 Å². The molecule has 0 spiro atoms. The number of hydrogen-bond donors (Lipinski definition) is 1. The van der Waals surface area contributed by atoms with Crippen LogP contribution in [0.25, 0.3) is 0 Å². The fourth-order valence-corrected chi connectivity index (χ4v) is 2.18. The molecule has 1 atom stereocenters. The molecule has 0 aliphatic heterocycles. The van der Waals surface area contributed by atoms with Crippen molar-refractivity contribution in [3.05, 3.63) is 0 Å². The molecule has 0 aromatic rings. The first kappa shape index (κ1) is 10.3. The zero-order valence-electron chi connectivity index (χ0n) is 7.98. The zero-order valence-corrected chi connectivity index (χ0v) is 8.74. The molecule has 0 heterocycles. The molecule has 0 amide bonds. The van der Waals surface area contributed by atoms with Crippen LogP contribution in [0.4, 0.5) is 0 Å². The van der Waals surface area contributed by atoms with Crippen molar-refractivity contribution in [2.45, 2.75) is 57.5 Å². The Kier molecular flexibility index (Phi) is 5.01. The average Bonchev–Trinajstić information content (AvgIpc) is 2.16. The van der Waals surface area contributed by atoms with Crippen LogP contribution >= 0.6 is 11.6 Å². The van der Waals surface area contributed by atoms with Crippen molar-refractivity contribution in [1.82, 2.24) is 5.32 Å². The first-order valence-electron chi connectivity index (χ1n) is 5.18. The Hall–Kier alpha value is 0.250. The Morgan fingerprint density at radius 1 is 1.33 bits per heavy atom. The van der Waals surface area contributed by atoms with Gasteiger partial charge in [0.2, 0.25) is 0 Å². The molecule has 1 N–H and O–H groups in total. The summed E-state index contributed by atoms with van der Waals surface area (Å²) in [5.41, 5.74) is 0. The van der Waals surface area contributed by atoms with Crippen molar-refractivity contribution in [3.63, 3.8) is 0 Å². The van der Waals surface area contributed by atoms with Crippen LogP contribution in [0.2, 0.25) is 0 Å². The number of hydrogen-bond acceptors (Lipinski definition) is 1. The number of halogens is 1. The third kappa shape index (κ3) is 3.32. The molecule has 1 saturated carbocycles. The summed E-state index contributed by atoms with van der Waals surface area (Å²) in [6.45, 7) is 2.20. The summed E-state index contributed by atoms with van der Waals surface area (Å²) in [5.74, 6) is 0.757. The van der Waals surface area contributed by atoms with Crippen LogP contribution in [0.5, 0.6) is 0 Å². The summed E-state index contributed by atoms with van der Waals surface area (Å²) in [6.07, 6.45) is 8.09. The van der Waals surface area contributed by atoms with Crippen LogP contribution in [0.3, 0.4) is 0 Å². The van der Waals surface area contributed by atoms with Crippen molar-refractivity contribution in [1.29, 1.82) is 0 Å². The zero-order chi connectivity index (χ0) is 8.81. The van der Waals surface area contributed by atoms with Crippen molar-refractivity contribution >= 4 is 11.6 Å². The minimum absolute atomic E-state index is 0.537. The normalized spacial score (nSPS) is 22.5. The molecule has 0 bridgehead atoms. The highest BCUT2D eigenvalue weighted by Gasteiger charge is 2.15. The van der Waals surface area contributed by atoms with Crippen molar-refractivity contribution in [2.24, 2.45) is 0 Å². The Bertz CT molecular complexity index is 106. The summed E-state index contributed by atoms with van der Waals surface area (Å²) in [7, 11) is 0. The van der Waals surface area contributed by atoms with Crippen LogP contribution in [-0.4, -0.2) is 18.0 Å². The molecule has 1 rings (SSSR count). The molecule has 0 radical (unpaired) electrons. The van der Waals surface area contributed by atoms with Gasteiger partial charge in [-0.2, -0.15) is 0 Å². The van der Waals surface area contributed by atoms with E-state index in [-0.39, 0.29) is 0 Å². The highest BCUT2D eigenvalue weighted by atomic mass is 35.5. The quantitative estimate of drug-likeness (QED) is 0.671. The Morgan fingerprint density at radius 2 is 2.00 bits per heavy atom. The largest absolute Gasteiger partial charge is 0.310 e. The van der Waals surface area contributed by atoms with Gasteiger partial charge in [-0.25, -0.2) is 0 Å². The third-order valence-corrected chi connectivity index (χ3v) is 3.13. The molecule has 1 nitrogen and oxygen atoms in total. The second-order valence-corrected chi connectivity index (χ2v) is 4.07. The SMILES string of the molecule is CCC(CCl)NC1CCCCC1. The van der Waals surface area contributed by atoms with Crippen molar-refractivity contribution in [2.75, 3.05) is 5.88 Å². The molecule has 72 valence electrons.